The molecule has 1 amide bonds. The van der Waals surface area contributed by atoms with E-state index in [2.05, 4.69) is 22.2 Å². The second kappa shape index (κ2) is 5.01. The lowest BCUT2D eigenvalue weighted by atomic mass is 10.1. The zero-order valence-electron chi connectivity index (χ0n) is 11.0. The van der Waals surface area contributed by atoms with E-state index in [4.69, 9.17) is 0 Å². The maximum Gasteiger partial charge on any atom is 0.227 e. The van der Waals surface area contributed by atoms with Crippen LogP contribution in [0.5, 0.6) is 0 Å². The van der Waals surface area contributed by atoms with E-state index in [9.17, 15) is 4.79 Å². The van der Waals surface area contributed by atoms with Gasteiger partial charge in [-0.2, -0.15) is 0 Å². The molecule has 19 heavy (non-hydrogen) atoms. The average Bonchev–Trinajstić information content (AvgIpc) is 2.82. The molecule has 0 aromatic carbocycles. The summed E-state index contributed by atoms with van der Waals surface area (Å²) in [5, 5.41) is 4.39. The second-order valence-electron chi connectivity index (χ2n) is 5.09. The Kier molecular flexibility index (Phi) is 3.21. The highest BCUT2D eigenvalue weighted by Gasteiger charge is 2.21. The first kappa shape index (κ1) is 12.2. The van der Waals surface area contributed by atoms with Gasteiger partial charge in [0.25, 0.3) is 0 Å². The highest BCUT2D eigenvalue weighted by molar-refractivity contribution is 5.87. The third-order valence-corrected chi connectivity index (χ3v) is 3.60. The van der Waals surface area contributed by atoms with Gasteiger partial charge in [-0.25, -0.2) is 4.98 Å². The fourth-order valence-electron chi connectivity index (χ4n) is 2.59. The van der Waals surface area contributed by atoms with Crippen molar-refractivity contribution in [2.45, 2.75) is 19.4 Å². The highest BCUT2D eigenvalue weighted by Crippen LogP contribution is 2.17. The SMILES string of the molecule is CC1CN(C(=O)Cc2c[nH]c3ncccc23)CCN1. The molecule has 1 atom stereocenters. The van der Waals surface area contributed by atoms with Gasteiger partial charge in [0.2, 0.25) is 5.91 Å². The van der Waals surface area contributed by atoms with Crippen LogP contribution in [0.2, 0.25) is 0 Å². The van der Waals surface area contributed by atoms with Gasteiger partial charge in [-0.15, -0.1) is 0 Å². The van der Waals surface area contributed by atoms with Crippen LogP contribution >= 0.6 is 0 Å². The normalized spacial score (nSPS) is 19.8. The molecule has 1 fully saturated rings. The van der Waals surface area contributed by atoms with Crippen LogP contribution in [0.25, 0.3) is 11.0 Å². The zero-order chi connectivity index (χ0) is 13.2. The fraction of sp³-hybridized carbons (Fsp3) is 0.429. The standard InChI is InChI=1S/C14H18N4O/c1-10-9-18(6-5-15-10)13(19)7-11-8-17-14-12(11)3-2-4-16-14/h2-4,8,10,15H,5-7,9H2,1H3,(H,16,17). The predicted molar refractivity (Wildman–Crippen MR) is 73.8 cm³/mol. The number of rotatable bonds is 2. The summed E-state index contributed by atoms with van der Waals surface area (Å²) in [4.78, 5) is 21.6. The molecular formula is C14H18N4O. The van der Waals surface area contributed by atoms with Crippen molar-refractivity contribution in [2.24, 2.45) is 0 Å². The predicted octanol–water partition coefficient (Wildman–Crippen LogP) is 0.926. The maximum atomic E-state index is 12.3. The summed E-state index contributed by atoms with van der Waals surface area (Å²) in [6.45, 7) is 4.57. The number of nitrogens with one attached hydrogen (secondary N) is 2. The number of nitrogens with zero attached hydrogens (tertiary/aromatic N) is 2. The Balaban J connectivity index is 1.75. The van der Waals surface area contributed by atoms with Gasteiger partial charge in [0.05, 0.1) is 6.42 Å². The molecular weight excluding hydrogens is 240 g/mol. The lowest BCUT2D eigenvalue weighted by Crippen LogP contribution is -2.51. The number of amides is 1. The minimum atomic E-state index is 0.193. The van der Waals surface area contributed by atoms with Gasteiger partial charge in [0.1, 0.15) is 5.65 Å². The molecule has 1 aliphatic heterocycles. The molecule has 3 heterocycles. The van der Waals surface area contributed by atoms with Gasteiger partial charge in [0.15, 0.2) is 0 Å². The first-order valence-electron chi connectivity index (χ1n) is 6.66. The average molecular weight is 258 g/mol. The number of hydrogen-bond donors (Lipinski definition) is 2. The van der Waals surface area contributed by atoms with Gasteiger partial charge in [0, 0.05) is 43.5 Å². The van der Waals surface area contributed by atoms with Crippen molar-refractivity contribution in [3.8, 4) is 0 Å². The van der Waals surface area contributed by atoms with Crippen molar-refractivity contribution in [3.63, 3.8) is 0 Å². The Morgan fingerprint density at radius 1 is 1.58 bits per heavy atom. The van der Waals surface area contributed by atoms with Gasteiger partial charge in [-0.1, -0.05) is 0 Å². The molecule has 1 aliphatic rings. The summed E-state index contributed by atoms with van der Waals surface area (Å²) in [6.07, 6.45) is 4.09. The summed E-state index contributed by atoms with van der Waals surface area (Å²) in [5.41, 5.74) is 1.87. The van der Waals surface area contributed by atoms with Crippen LogP contribution < -0.4 is 5.32 Å². The Labute approximate surface area is 112 Å². The molecule has 1 unspecified atom stereocenters. The van der Waals surface area contributed by atoms with E-state index >= 15 is 0 Å². The van der Waals surface area contributed by atoms with E-state index in [-0.39, 0.29) is 5.91 Å². The van der Waals surface area contributed by atoms with E-state index in [1.807, 2.05) is 23.2 Å². The van der Waals surface area contributed by atoms with E-state index in [0.29, 0.717) is 12.5 Å². The molecule has 0 aliphatic carbocycles. The largest absolute Gasteiger partial charge is 0.346 e. The molecule has 100 valence electrons. The van der Waals surface area contributed by atoms with Crippen molar-refractivity contribution in [1.82, 2.24) is 20.2 Å². The van der Waals surface area contributed by atoms with Crippen LogP contribution in [0.3, 0.4) is 0 Å². The maximum absolute atomic E-state index is 12.3. The first-order valence-corrected chi connectivity index (χ1v) is 6.66. The van der Waals surface area contributed by atoms with E-state index < -0.39 is 0 Å². The molecule has 0 bridgehead atoms. The van der Waals surface area contributed by atoms with Crippen LogP contribution in [0.15, 0.2) is 24.5 Å². The van der Waals surface area contributed by atoms with Crippen LogP contribution in [0.4, 0.5) is 0 Å². The minimum Gasteiger partial charge on any atom is -0.346 e. The minimum absolute atomic E-state index is 0.193. The van der Waals surface area contributed by atoms with Crippen molar-refractivity contribution in [2.75, 3.05) is 19.6 Å². The first-order chi connectivity index (χ1) is 9.24. The van der Waals surface area contributed by atoms with Crippen LogP contribution in [0, 0.1) is 0 Å². The molecule has 2 aromatic heterocycles. The Bertz CT molecular complexity index is 592. The van der Waals surface area contributed by atoms with E-state index in [1.165, 1.54) is 0 Å². The molecule has 3 rings (SSSR count). The number of aromatic nitrogens is 2. The summed E-state index contributed by atoms with van der Waals surface area (Å²) in [6, 6.07) is 4.28. The summed E-state index contributed by atoms with van der Waals surface area (Å²) in [5.74, 6) is 0.193. The number of aromatic amines is 1. The molecule has 2 N–H and O–H groups in total. The zero-order valence-corrected chi connectivity index (χ0v) is 11.0. The monoisotopic (exact) mass is 258 g/mol. The van der Waals surface area contributed by atoms with Crippen molar-refractivity contribution in [3.05, 3.63) is 30.1 Å². The molecule has 1 saturated heterocycles. The quantitative estimate of drug-likeness (QED) is 0.842. The van der Waals surface area contributed by atoms with E-state index in [0.717, 1.165) is 36.2 Å². The molecule has 0 saturated carbocycles. The molecule has 0 spiro atoms. The highest BCUT2D eigenvalue weighted by atomic mass is 16.2. The topological polar surface area (TPSA) is 61.0 Å². The fourth-order valence-corrected chi connectivity index (χ4v) is 2.59. The van der Waals surface area contributed by atoms with E-state index in [1.54, 1.807) is 6.20 Å². The van der Waals surface area contributed by atoms with Gasteiger partial charge >= 0.3 is 0 Å². The number of hydrogen-bond acceptors (Lipinski definition) is 3. The number of pyridine rings is 1. The lowest BCUT2D eigenvalue weighted by Gasteiger charge is -2.31. The number of carbonyl (C=O) groups excluding carboxylic acids is 1. The van der Waals surface area contributed by atoms with Gasteiger partial charge in [-0.05, 0) is 24.6 Å². The van der Waals surface area contributed by atoms with Crippen LogP contribution in [-0.2, 0) is 11.2 Å². The molecule has 2 aromatic rings. The lowest BCUT2D eigenvalue weighted by molar-refractivity contribution is -0.131. The molecule has 5 nitrogen and oxygen atoms in total. The summed E-state index contributed by atoms with van der Waals surface area (Å²) < 4.78 is 0. The Morgan fingerprint density at radius 3 is 3.32 bits per heavy atom. The smallest absolute Gasteiger partial charge is 0.227 e. The van der Waals surface area contributed by atoms with Gasteiger partial charge < -0.3 is 15.2 Å². The van der Waals surface area contributed by atoms with Crippen LogP contribution in [-0.4, -0.2) is 46.5 Å². The Morgan fingerprint density at radius 2 is 2.47 bits per heavy atom. The second-order valence-corrected chi connectivity index (χ2v) is 5.09. The Hall–Kier alpha value is -1.88. The number of fused-ring (bicyclic) bond motifs is 1. The summed E-state index contributed by atoms with van der Waals surface area (Å²) in [7, 11) is 0. The van der Waals surface area contributed by atoms with Gasteiger partial charge in [-0.3, -0.25) is 4.79 Å². The summed E-state index contributed by atoms with van der Waals surface area (Å²) >= 11 is 0. The third-order valence-electron chi connectivity index (χ3n) is 3.60. The molecule has 5 heteroatoms. The van der Waals surface area contributed by atoms with Crippen LogP contribution in [0.1, 0.15) is 12.5 Å². The molecule has 0 radical (unpaired) electrons. The van der Waals surface area contributed by atoms with Crippen molar-refractivity contribution in [1.29, 1.82) is 0 Å². The third kappa shape index (κ3) is 2.46. The number of H-pyrrole nitrogens is 1. The van der Waals surface area contributed by atoms with Crippen molar-refractivity contribution < 1.29 is 4.79 Å². The number of piperazine rings is 1. The number of carbonyl (C=O) groups is 1. The van der Waals surface area contributed by atoms with Crippen molar-refractivity contribution >= 4 is 16.9 Å².